The monoisotopic (exact) mass is 230 g/mol. The molecule has 0 fully saturated rings. The third-order valence-corrected chi connectivity index (χ3v) is 1.75. The van der Waals surface area contributed by atoms with Crippen molar-refractivity contribution in [3.63, 3.8) is 0 Å². The van der Waals surface area contributed by atoms with Gasteiger partial charge in [0.15, 0.2) is 5.82 Å². The van der Waals surface area contributed by atoms with Crippen LogP contribution in [0.2, 0.25) is 0 Å². The van der Waals surface area contributed by atoms with Crippen molar-refractivity contribution in [3.05, 3.63) is 12.3 Å². The number of aryl methyl sites for hydroxylation is 1. The first kappa shape index (κ1) is 11.5. The normalized spacial score (nSPS) is 11.9. The number of urea groups is 1. The number of hydrogen-bond donors (Lipinski definition) is 2. The summed E-state index contributed by atoms with van der Waals surface area (Å²) >= 11 is 5.47. The maximum atomic E-state index is 11.2. The molecule has 0 saturated heterocycles. The summed E-state index contributed by atoms with van der Waals surface area (Å²) in [7, 11) is 1.72. The van der Waals surface area contributed by atoms with Gasteiger partial charge in [-0.2, -0.15) is 5.10 Å². The molecule has 15 heavy (non-hydrogen) atoms. The SMILES string of the molecule is CC(Cl)C(=O)NC(=O)Nc1ccn(C)n1. The van der Waals surface area contributed by atoms with Crippen LogP contribution in [0.1, 0.15) is 6.92 Å². The van der Waals surface area contributed by atoms with Gasteiger partial charge >= 0.3 is 6.03 Å². The zero-order chi connectivity index (χ0) is 11.4. The van der Waals surface area contributed by atoms with Gasteiger partial charge in [-0.3, -0.25) is 20.1 Å². The lowest BCUT2D eigenvalue weighted by molar-refractivity contribution is -0.119. The van der Waals surface area contributed by atoms with Gasteiger partial charge in [0.05, 0.1) is 0 Å². The van der Waals surface area contributed by atoms with Crippen molar-refractivity contribution in [2.45, 2.75) is 12.3 Å². The Hall–Kier alpha value is -1.56. The number of carbonyl (C=O) groups is 2. The third-order valence-electron chi connectivity index (χ3n) is 1.55. The van der Waals surface area contributed by atoms with Crippen molar-refractivity contribution in [2.24, 2.45) is 7.05 Å². The number of alkyl halides is 1. The molecule has 3 amide bonds. The number of aromatic nitrogens is 2. The Morgan fingerprint density at radius 1 is 1.60 bits per heavy atom. The highest BCUT2D eigenvalue weighted by Gasteiger charge is 2.13. The van der Waals surface area contributed by atoms with Gasteiger partial charge in [0.2, 0.25) is 5.91 Å². The van der Waals surface area contributed by atoms with Crippen molar-refractivity contribution in [1.82, 2.24) is 15.1 Å². The molecule has 1 aromatic heterocycles. The minimum Gasteiger partial charge on any atom is -0.291 e. The fraction of sp³-hybridized carbons (Fsp3) is 0.375. The molecule has 0 aliphatic carbocycles. The maximum Gasteiger partial charge on any atom is 0.327 e. The van der Waals surface area contributed by atoms with Crippen LogP contribution in [-0.4, -0.2) is 27.1 Å². The lowest BCUT2D eigenvalue weighted by Crippen LogP contribution is -2.38. The van der Waals surface area contributed by atoms with Crippen molar-refractivity contribution in [2.75, 3.05) is 5.32 Å². The number of anilines is 1. The van der Waals surface area contributed by atoms with E-state index in [-0.39, 0.29) is 0 Å². The average molecular weight is 231 g/mol. The number of nitrogens with one attached hydrogen (secondary N) is 2. The van der Waals surface area contributed by atoms with Crippen LogP contribution >= 0.6 is 11.6 Å². The summed E-state index contributed by atoms with van der Waals surface area (Å²) in [5, 5.41) is 7.61. The van der Waals surface area contributed by atoms with Crippen LogP contribution in [0.5, 0.6) is 0 Å². The number of hydrogen-bond acceptors (Lipinski definition) is 3. The van der Waals surface area contributed by atoms with Gasteiger partial charge in [0.25, 0.3) is 0 Å². The van der Waals surface area contributed by atoms with Gasteiger partial charge in [0.1, 0.15) is 5.38 Å². The second-order valence-corrected chi connectivity index (χ2v) is 3.59. The maximum absolute atomic E-state index is 11.2. The van der Waals surface area contributed by atoms with Crippen LogP contribution < -0.4 is 10.6 Å². The number of rotatable bonds is 2. The second-order valence-electron chi connectivity index (χ2n) is 2.93. The highest BCUT2D eigenvalue weighted by Crippen LogP contribution is 2.00. The van der Waals surface area contributed by atoms with E-state index in [4.69, 9.17) is 11.6 Å². The van der Waals surface area contributed by atoms with E-state index in [0.29, 0.717) is 5.82 Å². The van der Waals surface area contributed by atoms with Crippen molar-refractivity contribution < 1.29 is 9.59 Å². The Labute approximate surface area is 91.6 Å². The van der Waals surface area contributed by atoms with Crippen molar-refractivity contribution in [3.8, 4) is 0 Å². The summed E-state index contributed by atoms with van der Waals surface area (Å²) in [4.78, 5) is 22.2. The minimum atomic E-state index is -0.750. The molecule has 7 heteroatoms. The second kappa shape index (κ2) is 4.79. The third kappa shape index (κ3) is 3.59. The van der Waals surface area contributed by atoms with E-state index in [9.17, 15) is 9.59 Å². The lowest BCUT2D eigenvalue weighted by atomic mass is 10.4. The Bertz CT molecular complexity index is 374. The van der Waals surface area contributed by atoms with Gasteiger partial charge in [-0.15, -0.1) is 11.6 Å². The van der Waals surface area contributed by atoms with Crippen LogP contribution in [0.25, 0.3) is 0 Å². The molecule has 1 heterocycles. The molecule has 0 aliphatic heterocycles. The van der Waals surface area contributed by atoms with E-state index in [1.54, 1.807) is 19.3 Å². The van der Waals surface area contributed by atoms with Gasteiger partial charge in [-0.25, -0.2) is 4.79 Å². The van der Waals surface area contributed by atoms with E-state index >= 15 is 0 Å². The summed E-state index contributed by atoms with van der Waals surface area (Å²) in [6.45, 7) is 1.48. The van der Waals surface area contributed by atoms with E-state index in [1.165, 1.54) is 11.6 Å². The van der Waals surface area contributed by atoms with Crippen LogP contribution in [0.4, 0.5) is 10.6 Å². The van der Waals surface area contributed by atoms with Gasteiger partial charge < -0.3 is 0 Å². The van der Waals surface area contributed by atoms with Crippen LogP contribution in [0, 0.1) is 0 Å². The number of nitrogens with zero attached hydrogens (tertiary/aromatic N) is 2. The molecule has 82 valence electrons. The largest absolute Gasteiger partial charge is 0.327 e. The predicted molar refractivity (Wildman–Crippen MR) is 55.7 cm³/mol. The molecule has 0 aliphatic rings. The average Bonchev–Trinajstić information content (AvgIpc) is 2.50. The lowest BCUT2D eigenvalue weighted by Gasteiger charge is -2.04. The van der Waals surface area contributed by atoms with Gasteiger partial charge in [-0.05, 0) is 6.92 Å². The molecule has 0 aromatic carbocycles. The molecular weight excluding hydrogens is 220 g/mol. The summed E-state index contributed by atoms with van der Waals surface area (Å²) < 4.78 is 1.53. The topological polar surface area (TPSA) is 76.0 Å². The number of amides is 3. The zero-order valence-corrected chi connectivity index (χ0v) is 9.08. The van der Waals surface area contributed by atoms with E-state index in [1.807, 2.05) is 0 Å². The van der Waals surface area contributed by atoms with Crippen molar-refractivity contribution >= 4 is 29.4 Å². The van der Waals surface area contributed by atoms with Crippen LogP contribution in [0.3, 0.4) is 0 Å². The quantitative estimate of drug-likeness (QED) is 0.735. The first-order valence-corrected chi connectivity index (χ1v) is 4.68. The minimum absolute atomic E-state index is 0.366. The molecule has 1 unspecified atom stereocenters. The highest BCUT2D eigenvalue weighted by molar-refractivity contribution is 6.31. The van der Waals surface area contributed by atoms with Crippen LogP contribution in [0.15, 0.2) is 12.3 Å². The van der Waals surface area contributed by atoms with Crippen LogP contribution in [-0.2, 0) is 11.8 Å². The fourth-order valence-corrected chi connectivity index (χ4v) is 0.895. The molecule has 2 N–H and O–H groups in total. The first-order chi connectivity index (χ1) is 6.99. The van der Waals surface area contributed by atoms with E-state index in [2.05, 4.69) is 15.7 Å². The molecule has 6 nitrogen and oxygen atoms in total. The summed E-state index contributed by atoms with van der Waals surface area (Å²) in [5.41, 5.74) is 0. The van der Waals surface area contributed by atoms with E-state index in [0.717, 1.165) is 0 Å². The Morgan fingerprint density at radius 2 is 2.27 bits per heavy atom. The Balaban J connectivity index is 2.46. The molecular formula is C8H11ClN4O2. The predicted octanol–water partition coefficient (Wildman–Crippen LogP) is 0.695. The smallest absolute Gasteiger partial charge is 0.291 e. The van der Waals surface area contributed by atoms with Crippen molar-refractivity contribution in [1.29, 1.82) is 0 Å². The number of carbonyl (C=O) groups excluding carboxylic acids is 2. The standard InChI is InChI=1S/C8H11ClN4O2/c1-5(9)7(14)11-8(15)10-6-3-4-13(2)12-6/h3-5H,1-2H3,(H2,10,11,12,14,15). The molecule has 0 radical (unpaired) electrons. The van der Waals surface area contributed by atoms with E-state index < -0.39 is 17.3 Å². The Morgan fingerprint density at radius 3 is 2.73 bits per heavy atom. The molecule has 1 rings (SSSR count). The van der Waals surface area contributed by atoms with Gasteiger partial charge in [-0.1, -0.05) is 0 Å². The summed E-state index contributed by atoms with van der Waals surface area (Å²) in [6.07, 6.45) is 1.67. The molecule has 1 aromatic rings. The zero-order valence-electron chi connectivity index (χ0n) is 8.32. The number of imide groups is 1. The Kier molecular flexibility index (Phi) is 3.68. The molecule has 0 saturated carbocycles. The summed E-state index contributed by atoms with van der Waals surface area (Å²) in [6, 6.07) is 0.958. The first-order valence-electron chi connectivity index (χ1n) is 4.24. The molecule has 0 spiro atoms. The highest BCUT2D eigenvalue weighted by atomic mass is 35.5. The summed E-state index contributed by atoms with van der Waals surface area (Å²) in [5.74, 6) is -0.185. The van der Waals surface area contributed by atoms with Gasteiger partial charge in [0, 0.05) is 19.3 Å². The molecule has 0 bridgehead atoms. The molecule has 1 atom stereocenters. The number of halogens is 1. The fourth-order valence-electron chi connectivity index (χ4n) is 0.841.